The van der Waals surface area contributed by atoms with Crippen LogP contribution in [0.3, 0.4) is 0 Å². The van der Waals surface area contributed by atoms with Crippen LogP contribution >= 0.6 is 0 Å². The number of piperazine rings is 1. The van der Waals surface area contributed by atoms with Crippen LogP contribution in [-0.2, 0) is 16.0 Å². The molecule has 2 aromatic carbocycles. The first-order chi connectivity index (χ1) is 13.9. The van der Waals surface area contributed by atoms with Gasteiger partial charge in [-0.3, -0.25) is 14.4 Å². The molecule has 7 heteroatoms. The number of amides is 3. The lowest BCUT2D eigenvalue weighted by molar-refractivity contribution is -0.147. The highest BCUT2D eigenvalue weighted by Gasteiger charge is 2.46. The van der Waals surface area contributed by atoms with Crippen LogP contribution in [0.2, 0.25) is 0 Å². The monoisotopic (exact) mass is 393 g/mol. The first kappa shape index (κ1) is 19.0. The average Bonchev–Trinajstić information content (AvgIpc) is 3.12. The average molecular weight is 393 g/mol. The third-order valence-electron chi connectivity index (χ3n) is 5.49. The van der Waals surface area contributed by atoms with Crippen molar-refractivity contribution in [3.05, 3.63) is 65.2 Å². The third-order valence-corrected chi connectivity index (χ3v) is 5.49. The smallest absolute Gasteiger partial charge is 0.251 e. The summed E-state index contributed by atoms with van der Waals surface area (Å²) in [5.41, 5.74) is 2.41. The van der Waals surface area contributed by atoms with Crippen molar-refractivity contribution in [3.8, 4) is 5.75 Å². The van der Waals surface area contributed by atoms with E-state index in [2.05, 4.69) is 10.6 Å². The highest BCUT2D eigenvalue weighted by atomic mass is 16.3. The molecule has 2 aromatic rings. The molecular weight excluding hydrogens is 370 g/mol. The molecule has 0 aliphatic carbocycles. The van der Waals surface area contributed by atoms with E-state index in [-0.39, 0.29) is 29.5 Å². The maximum absolute atomic E-state index is 12.9. The number of phenolic OH excluding ortho intramolecular Hbond substituents is 1. The van der Waals surface area contributed by atoms with Crippen molar-refractivity contribution >= 4 is 17.7 Å². The molecule has 2 fully saturated rings. The molecule has 2 aliphatic heterocycles. The highest BCUT2D eigenvalue weighted by Crippen LogP contribution is 2.24. The number of carbonyl (C=O) groups is 3. The van der Waals surface area contributed by atoms with Gasteiger partial charge in [0.05, 0.1) is 0 Å². The first-order valence-electron chi connectivity index (χ1n) is 9.67. The second kappa shape index (κ2) is 7.58. The van der Waals surface area contributed by atoms with Crippen LogP contribution in [0.15, 0.2) is 48.5 Å². The molecule has 0 saturated carbocycles. The molecule has 2 saturated heterocycles. The predicted molar refractivity (Wildman–Crippen MR) is 106 cm³/mol. The minimum Gasteiger partial charge on any atom is -0.508 e. The van der Waals surface area contributed by atoms with Crippen molar-refractivity contribution in [2.75, 3.05) is 6.54 Å². The zero-order valence-corrected chi connectivity index (χ0v) is 16.1. The molecule has 2 heterocycles. The Morgan fingerprint density at radius 3 is 2.69 bits per heavy atom. The van der Waals surface area contributed by atoms with Crippen LogP contribution < -0.4 is 10.6 Å². The van der Waals surface area contributed by atoms with Gasteiger partial charge in [-0.15, -0.1) is 0 Å². The van der Waals surface area contributed by atoms with Crippen LogP contribution in [0.4, 0.5) is 0 Å². The highest BCUT2D eigenvalue weighted by molar-refractivity contribution is 5.98. The molecule has 7 nitrogen and oxygen atoms in total. The molecular formula is C22H23N3O4. The summed E-state index contributed by atoms with van der Waals surface area (Å²) < 4.78 is 0. The Morgan fingerprint density at radius 1 is 1.21 bits per heavy atom. The van der Waals surface area contributed by atoms with Gasteiger partial charge in [0.25, 0.3) is 5.91 Å². The summed E-state index contributed by atoms with van der Waals surface area (Å²) in [5, 5.41) is 15.2. The van der Waals surface area contributed by atoms with Gasteiger partial charge in [0, 0.05) is 24.6 Å². The van der Waals surface area contributed by atoms with E-state index in [9.17, 15) is 19.5 Å². The van der Waals surface area contributed by atoms with Gasteiger partial charge in [0.2, 0.25) is 11.8 Å². The van der Waals surface area contributed by atoms with Gasteiger partial charge in [-0.25, -0.2) is 0 Å². The largest absolute Gasteiger partial charge is 0.508 e. The molecule has 0 unspecified atom stereocenters. The molecule has 29 heavy (non-hydrogen) atoms. The van der Waals surface area contributed by atoms with Crippen molar-refractivity contribution in [1.82, 2.24) is 15.5 Å². The van der Waals surface area contributed by atoms with E-state index in [0.29, 0.717) is 24.9 Å². The number of benzene rings is 2. The number of phenols is 1. The number of aromatic hydroxyl groups is 1. The Kier molecular flexibility index (Phi) is 4.96. The van der Waals surface area contributed by atoms with Gasteiger partial charge < -0.3 is 20.6 Å². The lowest BCUT2D eigenvalue weighted by Crippen LogP contribution is -2.61. The molecule has 2 aliphatic rings. The topological polar surface area (TPSA) is 98.7 Å². The number of hydrogen-bond donors (Lipinski definition) is 3. The van der Waals surface area contributed by atoms with Crippen LogP contribution in [0.25, 0.3) is 0 Å². The number of fused-ring (bicyclic) bond motifs is 1. The summed E-state index contributed by atoms with van der Waals surface area (Å²) >= 11 is 0. The molecule has 0 bridgehead atoms. The Bertz CT molecular complexity index is 957. The lowest BCUT2D eigenvalue weighted by atomic mass is 10.0. The summed E-state index contributed by atoms with van der Waals surface area (Å²) in [6.45, 7) is 2.24. The van der Waals surface area contributed by atoms with E-state index in [1.165, 1.54) is 0 Å². The molecule has 3 atom stereocenters. The van der Waals surface area contributed by atoms with Crippen LogP contribution in [0.5, 0.6) is 5.75 Å². The lowest BCUT2D eigenvalue weighted by Gasteiger charge is -2.34. The molecule has 0 aromatic heterocycles. The Hall–Kier alpha value is -3.35. The SMILES string of the molecule is Cc1cccc(C(=O)N[C@H]2C[C@H]3C(=O)N[C@H](Cc4ccc(O)cc4)C(=O)N3C2)c1. The minimum atomic E-state index is -0.644. The van der Waals surface area contributed by atoms with Gasteiger partial charge in [0.15, 0.2) is 0 Å². The van der Waals surface area contributed by atoms with Gasteiger partial charge in [-0.05, 0) is 43.2 Å². The van der Waals surface area contributed by atoms with Gasteiger partial charge >= 0.3 is 0 Å². The Balaban J connectivity index is 1.42. The standard InChI is InChI=1S/C22H23N3O4/c1-13-3-2-4-15(9-13)20(27)23-16-11-19-21(28)24-18(22(29)25(19)12-16)10-14-5-7-17(26)8-6-14/h2-9,16,18-19,26H,10-12H2,1H3,(H,23,27)(H,24,28)/t16-,18+,19-/m0/s1. The van der Waals surface area contributed by atoms with Crippen molar-refractivity contribution < 1.29 is 19.5 Å². The van der Waals surface area contributed by atoms with Crippen LogP contribution in [0.1, 0.15) is 27.9 Å². The predicted octanol–water partition coefficient (Wildman–Crippen LogP) is 1.14. The maximum Gasteiger partial charge on any atom is 0.251 e. The van der Waals surface area contributed by atoms with E-state index < -0.39 is 12.1 Å². The van der Waals surface area contributed by atoms with E-state index in [4.69, 9.17) is 0 Å². The summed E-state index contributed by atoms with van der Waals surface area (Å²) in [4.78, 5) is 39.6. The van der Waals surface area contributed by atoms with E-state index >= 15 is 0 Å². The number of nitrogens with one attached hydrogen (secondary N) is 2. The molecule has 4 rings (SSSR count). The summed E-state index contributed by atoms with van der Waals surface area (Å²) in [5.74, 6) is -0.387. The Labute approximate surface area is 168 Å². The number of hydrogen-bond acceptors (Lipinski definition) is 4. The van der Waals surface area contributed by atoms with Gasteiger partial charge in [-0.1, -0.05) is 29.8 Å². The van der Waals surface area contributed by atoms with E-state index in [0.717, 1.165) is 11.1 Å². The van der Waals surface area contributed by atoms with Crippen molar-refractivity contribution in [2.24, 2.45) is 0 Å². The fourth-order valence-corrected chi connectivity index (χ4v) is 4.02. The summed E-state index contributed by atoms with van der Waals surface area (Å²) in [7, 11) is 0. The zero-order chi connectivity index (χ0) is 20.5. The summed E-state index contributed by atoms with van der Waals surface area (Å²) in [6, 6.07) is 12.4. The number of nitrogens with zero attached hydrogens (tertiary/aromatic N) is 1. The first-order valence-corrected chi connectivity index (χ1v) is 9.67. The van der Waals surface area contributed by atoms with Crippen molar-refractivity contribution in [1.29, 1.82) is 0 Å². The summed E-state index contributed by atoms with van der Waals surface area (Å²) in [6.07, 6.45) is 0.759. The van der Waals surface area contributed by atoms with Gasteiger partial charge in [0.1, 0.15) is 17.8 Å². The van der Waals surface area contributed by atoms with Crippen LogP contribution in [-0.4, -0.2) is 52.4 Å². The number of carbonyl (C=O) groups excluding carboxylic acids is 3. The number of rotatable bonds is 4. The molecule has 3 N–H and O–H groups in total. The fourth-order valence-electron chi connectivity index (χ4n) is 4.02. The van der Waals surface area contributed by atoms with Crippen molar-refractivity contribution in [3.63, 3.8) is 0 Å². The zero-order valence-electron chi connectivity index (χ0n) is 16.1. The maximum atomic E-state index is 12.9. The van der Waals surface area contributed by atoms with Gasteiger partial charge in [-0.2, -0.15) is 0 Å². The number of aryl methyl sites for hydroxylation is 1. The van der Waals surface area contributed by atoms with Crippen LogP contribution in [0, 0.1) is 6.92 Å². The van der Waals surface area contributed by atoms with Crippen molar-refractivity contribution in [2.45, 2.75) is 37.9 Å². The quantitative estimate of drug-likeness (QED) is 0.726. The normalized spacial score (nSPS) is 23.5. The minimum absolute atomic E-state index is 0.144. The Morgan fingerprint density at radius 2 is 1.97 bits per heavy atom. The van der Waals surface area contributed by atoms with E-state index in [1.807, 2.05) is 25.1 Å². The second-order valence-corrected chi connectivity index (χ2v) is 7.71. The molecule has 3 amide bonds. The molecule has 0 radical (unpaired) electrons. The van der Waals surface area contributed by atoms with E-state index in [1.54, 1.807) is 35.2 Å². The second-order valence-electron chi connectivity index (χ2n) is 7.71. The fraction of sp³-hybridized carbons (Fsp3) is 0.318. The molecule has 150 valence electrons. The third kappa shape index (κ3) is 3.94. The molecule has 0 spiro atoms.